The van der Waals surface area contributed by atoms with Gasteiger partial charge in [-0.15, -0.1) is 0 Å². The molecular formula is C49H89NO13. The molecule has 368 valence electrons. The SMILES string of the molecule is CC/C=C/CC/C=C/CC/C=C/C(O)C(COC1OC(CO)C(OC2OC(CO)C(O)C(O)C2O)C(O)C1O)NC(=O)CCCCCCCCCCCCCCCCCCCCC. The Hall–Kier alpha value is -1.79. The first-order valence-corrected chi connectivity index (χ1v) is 24.7. The molecule has 1 amide bonds. The van der Waals surface area contributed by atoms with Crippen LogP contribution in [0.3, 0.4) is 0 Å². The van der Waals surface area contributed by atoms with Crippen molar-refractivity contribution in [1.82, 2.24) is 5.32 Å². The number of rotatable bonds is 37. The van der Waals surface area contributed by atoms with E-state index < -0.39 is 86.8 Å². The van der Waals surface area contributed by atoms with Gasteiger partial charge in [0.15, 0.2) is 12.6 Å². The van der Waals surface area contributed by atoms with E-state index in [-0.39, 0.29) is 18.9 Å². The van der Waals surface area contributed by atoms with Crippen LogP contribution in [0.4, 0.5) is 0 Å². The summed E-state index contributed by atoms with van der Waals surface area (Å²) in [5.41, 5.74) is 0. The number of hydrogen-bond acceptors (Lipinski definition) is 13. The quantitative estimate of drug-likeness (QED) is 0.0261. The van der Waals surface area contributed by atoms with Gasteiger partial charge < -0.3 is 65.1 Å². The topological polar surface area (TPSA) is 228 Å². The summed E-state index contributed by atoms with van der Waals surface area (Å²) >= 11 is 0. The largest absolute Gasteiger partial charge is 0.394 e. The highest BCUT2D eigenvalue weighted by atomic mass is 16.7. The second-order valence-electron chi connectivity index (χ2n) is 17.6. The van der Waals surface area contributed by atoms with Crippen molar-refractivity contribution in [3.05, 3.63) is 36.5 Å². The van der Waals surface area contributed by atoms with Gasteiger partial charge in [-0.3, -0.25) is 4.79 Å². The molecule has 2 aliphatic rings. The maximum absolute atomic E-state index is 13.1. The van der Waals surface area contributed by atoms with Crippen molar-refractivity contribution in [1.29, 1.82) is 0 Å². The van der Waals surface area contributed by atoms with Gasteiger partial charge in [-0.25, -0.2) is 0 Å². The maximum atomic E-state index is 13.1. The Labute approximate surface area is 379 Å². The number of nitrogens with one attached hydrogen (secondary N) is 1. The zero-order valence-electron chi connectivity index (χ0n) is 38.8. The van der Waals surface area contributed by atoms with Gasteiger partial charge in [0, 0.05) is 6.42 Å². The molecule has 0 aromatic rings. The van der Waals surface area contributed by atoms with Crippen LogP contribution in [0.1, 0.15) is 174 Å². The van der Waals surface area contributed by atoms with Gasteiger partial charge >= 0.3 is 0 Å². The van der Waals surface area contributed by atoms with E-state index in [9.17, 15) is 45.6 Å². The number of amides is 1. The van der Waals surface area contributed by atoms with Gasteiger partial charge in [0.1, 0.15) is 48.8 Å². The number of aliphatic hydroxyl groups is 8. The highest BCUT2D eigenvalue weighted by Gasteiger charge is 2.51. The molecule has 2 fully saturated rings. The summed E-state index contributed by atoms with van der Waals surface area (Å²) in [6.07, 6.45) is 23.5. The third-order valence-corrected chi connectivity index (χ3v) is 12.1. The van der Waals surface area contributed by atoms with Crippen molar-refractivity contribution in [2.24, 2.45) is 0 Å². The summed E-state index contributed by atoms with van der Waals surface area (Å²) in [4.78, 5) is 13.1. The molecule has 0 spiro atoms. The van der Waals surface area contributed by atoms with Crippen molar-refractivity contribution in [2.75, 3.05) is 19.8 Å². The van der Waals surface area contributed by atoms with Gasteiger partial charge in [-0.2, -0.15) is 0 Å². The summed E-state index contributed by atoms with van der Waals surface area (Å²) in [7, 11) is 0. The average Bonchev–Trinajstić information content (AvgIpc) is 3.28. The summed E-state index contributed by atoms with van der Waals surface area (Å²) in [6, 6.07) is -0.932. The first-order valence-electron chi connectivity index (χ1n) is 24.7. The number of ether oxygens (including phenoxy) is 4. The van der Waals surface area contributed by atoms with Crippen molar-refractivity contribution in [3.8, 4) is 0 Å². The van der Waals surface area contributed by atoms with Crippen LogP contribution in [0.25, 0.3) is 0 Å². The van der Waals surface area contributed by atoms with E-state index in [1.165, 1.54) is 96.3 Å². The second kappa shape index (κ2) is 36.3. The van der Waals surface area contributed by atoms with Crippen LogP contribution < -0.4 is 5.32 Å². The van der Waals surface area contributed by atoms with Gasteiger partial charge in [0.25, 0.3) is 0 Å². The van der Waals surface area contributed by atoms with Gasteiger partial charge in [0.05, 0.1) is 32.0 Å². The molecule has 2 aliphatic heterocycles. The Bertz CT molecular complexity index is 1200. The molecule has 0 saturated carbocycles. The maximum Gasteiger partial charge on any atom is 0.220 e. The molecule has 12 atom stereocenters. The molecule has 14 nitrogen and oxygen atoms in total. The number of allylic oxidation sites excluding steroid dienone is 5. The standard InChI is InChI=1S/C49H89NO13/c1-3-5-7-9-11-13-15-16-17-18-19-20-21-22-23-25-27-29-31-33-41(54)50-37(38(53)32-30-28-26-24-14-12-10-8-6-4-2)36-60-48-46(59)44(57)47(40(35-52)62-48)63-49-45(58)43(56)42(55)39(34-51)61-49/h6,8,14,24,30,32,37-40,42-49,51-53,55-59H,3-5,7,9-13,15-23,25-29,31,33-36H2,1-2H3,(H,50,54)/b8-6+,24-14+,32-30+. The summed E-state index contributed by atoms with van der Waals surface area (Å²) < 4.78 is 22.6. The van der Waals surface area contributed by atoms with E-state index in [4.69, 9.17) is 18.9 Å². The van der Waals surface area contributed by atoms with Crippen molar-refractivity contribution in [3.63, 3.8) is 0 Å². The molecule has 14 heteroatoms. The predicted octanol–water partition coefficient (Wildman–Crippen LogP) is 5.93. The molecule has 0 aliphatic carbocycles. The molecule has 12 unspecified atom stereocenters. The van der Waals surface area contributed by atoms with Gasteiger partial charge in [-0.1, -0.05) is 166 Å². The van der Waals surface area contributed by atoms with E-state index in [2.05, 4.69) is 43.5 Å². The normalized spacial score (nSPS) is 27.8. The molecule has 2 heterocycles. The number of hydrogen-bond donors (Lipinski definition) is 9. The van der Waals surface area contributed by atoms with E-state index in [0.717, 1.165) is 44.9 Å². The third kappa shape index (κ3) is 24.0. The first kappa shape index (κ1) is 57.3. The lowest BCUT2D eigenvalue weighted by molar-refractivity contribution is -0.359. The highest BCUT2D eigenvalue weighted by Crippen LogP contribution is 2.30. The van der Waals surface area contributed by atoms with Gasteiger partial charge in [-0.05, 0) is 38.5 Å². The van der Waals surface area contributed by atoms with Crippen molar-refractivity contribution >= 4 is 5.91 Å². The van der Waals surface area contributed by atoms with Crippen LogP contribution in [0, 0.1) is 0 Å². The van der Waals surface area contributed by atoms with Crippen LogP contribution in [-0.2, 0) is 23.7 Å². The summed E-state index contributed by atoms with van der Waals surface area (Å²) in [6.45, 7) is 2.63. The van der Waals surface area contributed by atoms with E-state index >= 15 is 0 Å². The lowest BCUT2D eigenvalue weighted by atomic mass is 9.97. The van der Waals surface area contributed by atoms with Crippen LogP contribution >= 0.6 is 0 Å². The van der Waals surface area contributed by atoms with Crippen LogP contribution in [0.15, 0.2) is 36.5 Å². The molecule has 2 saturated heterocycles. The summed E-state index contributed by atoms with van der Waals surface area (Å²) in [5, 5.41) is 86.5. The zero-order valence-corrected chi connectivity index (χ0v) is 38.8. The lowest BCUT2D eigenvalue weighted by Crippen LogP contribution is -2.65. The monoisotopic (exact) mass is 900 g/mol. The first-order chi connectivity index (χ1) is 30.6. The molecule has 0 radical (unpaired) electrons. The lowest BCUT2D eigenvalue weighted by Gasteiger charge is -2.46. The Morgan fingerprint density at radius 2 is 1.03 bits per heavy atom. The fourth-order valence-electron chi connectivity index (χ4n) is 8.04. The molecule has 9 N–H and O–H groups in total. The smallest absolute Gasteiger partial charge is 0.220 e. The zero-order chi connectivity index (χ0) is 46.1. The van der Waals surface area contributed by atoms with E-state index in [1.807, 2.05) is 6.08 Å². The Kier molecular flexibility index (Phi) is 33.1. The fraction of sp³-hybridized carbons (Fsp3) is 0.857. The third-order valence-electron chi connectivity index (χ3n) is 12.1. The Morgan fingerprint density at radius 1 is 0.571 bits per heavy atom. The predicted molar refractivity (Wildman–Crippen MR) is 244 cm³/mol. The number of unbranched alkanes of at least 4 members (excludes halogenated alkanes) is 20. The number of carbonyl (C=O) groups excluding carboxylic acids is 1. The molecule has 0 aromatic carbocycles. The molecule has 63 heavy (non-hydrogen) atoms. The fourth-order valence-corrected chi connectivity index (χ4v) is 8.04. The second-order valence-corrected chi connectivity index (χ2v) is 17.6. The number of aliphatic hydroxyl groups excluding tert-OH is 8. The Balaban J connectivity index is 1.82. The van der Waals surface area contributed by atoms with Crippen LogP contribution in [0.5, 0.6) is 0 Å². The Morgan fingerprint density at radius 3 is 1.54 bits per heavy atom. The minimum Gasteiger partial charge on any atom is -0.394 e. The minimum atomic E-state index is -1.79. The summed E-state index contributed by atoms with van der Waals surface area (Å²) in [5.74, 6) is -0.255. The van der Waals surface area contributed by atoms with Crippen molar-refractivity contribution < 1.29 is 64.6 Å². The minimum absolute atomic E-state index is 0.255. The molecule has 0 bridgehead atoms. The molecular weight excluding hydrogens is 811 g/mol. The highest BCUT2D eigenvalue weighted by molar-refractivity contribution is 5.76. The van der Waals surface area contributed by atoms with Crippen molar-refractivity contribution in [2.45, 2.75) is 248 Å². The van der Waals surface area contributed by atoms with E-state index in [1.54, 1.807) is 6.08 Å². The van der Waals surface area contributed by atoms with E-state index in [0.29, 0.717) is 12.8 Å². The number of carbonyl (C=O) groups is 1. The molecule has 2 rings (SSSR count). The average molecular weight is 900 g/mol. The van der Waals surface area contributed by atoms with Gasteiger partial charge in [0.2, 0.25) is 5.91 Å². The van der Waals surface area contributed by atoms with Crippen LogP contribution in [-0.4, -0.2) is 140 Å². The van der Waals surface area contributed by atoms with Crippen LogP contribution in [0.2, 0.25) is 0 Å². The molecule has 0 aromatic heterocycles.